The van der Waals surface area contributed by atoms with Gasteiger partial charge >= 0.3 is 0 Å². The van der Waals surface area contributed by atoms with Crippen molar-refractivity contribution in [2.24, 2.45) is 7.05 Å². The summed E-state index contributed by atoms with van der Waals surface area (Å²) in [5.74, 6) is -0.837. The molecule has 0 aliphatic heterocycles. The lowest BCUT2D eigenvalue weighted by Gasteiger charge is -2.06. The van der Waals surface area contributed by atoms with Gasteiger partial charge in [0, 0.05) is 25.5 Å². The molecule has 0 saturated carbocycles. The lowest BCUT2D eigenvalue weighted by Crippen LogP contribution is -1.97. The number of nitrogens with zero attached hydrogens (tertiary/aromatic N) is 5. The SMILES string of the molecule is Cn1cnnc1Sc1ccc(-c2nccn2-c2ccc(F)c(F)c2)o1. The predicted octanol–water partition coefficient (Wildman–Crippen LogP) is 3.69. The first kappa shape index (κ1) is 15.6. The summed E-state index contributed by atoms with van der Waals surface area (Å²) < 4.78 is 35.9. The van der Waals surface area contributed by atoms with Gasteiger partial charge < -0.3 is 8.98 Å². The highest BCUT2D eigenvalue weighted by Crippen LogP contribution is 2.31. The molecule has 0 aliphatic rings. The first-order valence-electron chi connectivity index (χ1n) is 7.22. The summed E-state index contributed by atoms with van der Waals surface area (Å²) in [6, 6.07) is 7.21. The smallest absolute Gasteiger partial charge is 0.198 e. The highest BCUT2D eigenvalue weighted by atomic mass is 32.2. The molecule has 9 heteroatoms. The maximum absolute atomic E-state index is 13.5. The molecule has 3 aromatic heterocycles. The zero-order valence-electron chi connectivity index (χ0n) is 12.9. The van der Waals surface area contributed by atoms with Gasteiger partial charge in [-0.2, -0.15) is 0 Å². The number of rotatable bonds is 4. The van der Waals surface area contributed by atoms with Crippen molar-refractivity contribution in [2.45, 2.75) is 10.2 Å². The topological polar surface area (TPSA) is 61.7 Å². The fraction of sp³-hybridized carbons (Fsp3) is 0.0625. The third-order valence-corrected chi connectivity index (χ3v) is 4.46. The summed E-state index contributed by atoms with van der Waals surface area (Å²) in [5.41, 5.74) is 0.449. The van der Waals surface area contributed by atoms with E-state index in [9.17, 15) is 8.78 Å². The summed E-state index contributed by atoms with van der Waals surface area (Å²) in [7, 11) is 1.84. The molecule has 0 spiro atoms. The van der Waals surface area contributed by atoms with Gasteiger partial charge in [0.15, 0.2) is 33.5 Å². The molecular weight excluding hydrogens is 348 g/mol. The number of hydrogen-bond acceptors (Lipinski definition) is 5. The van der Waals surface area contributed by atoms with Crippen molar-refractivity contribution in [2.75, 3.05) is 0 Å². The Morgan fingerprint density at radius 1 is 1.12 bits per heavy atom. The number of benzene rings is 1. The molecule has 0 bridgehead atoms. The van der Waals surface area contributed by atoms with E-state index in [-0.39, 0.29) is 0 Å². The van der Waals surface area contributed by atoms with Crippen molar-refractivity contribution in [1.82, 2.24) is 24.3 Å². The fourth-order valence-electron chi connectivity index (χ4n) is 2.28. The highest BCUT2D eigenvalue weighted by Gasteiger charge is 2.15. The first-order chi connectivity index (χ1) is 12.1. The molecule has 0 amide bonds. The number of imidazole rings is 1. The van der Waals surface area contributed by atoms with Crippen LogP contribution in [0.25, 0.3) is 17.3 Å². The summed E-state index contributed by atoms with van der Waals surface area (Å²) in [4.78, 5) is 4.25. The maximum Gasteiger partial charge on any atom is 0.198 e. The van der Waals surface area contributed by atoms with Crippen LogP contribution in [-0.2, 0) is 7.05 Å². The Kier molecular flexibility index (Phi) is 3.85. The zero-order chi connectivity index (χ0) is 17.4. The third-order valence-electron chi connectivity index (χ3n) is 3.49. The molecule has 0 unspecified atom stereocenters. The van der Waals surface area contributed by atoms with Crippen LogP contribution in [0, 0.1) is 11.6 Å². The van der Waals surface area contributed by atoms with Gasteiger partial charge in [0.05, 0.1) is 5.69 Å². The summed E-state index contributed by atoms with van der Waals surface area (Å²) in [6.45, 7) is 0. The van der Waals surface area contributed by atoms with E-state index in [4.69, 9.17) is 4.42 Å². The monoisotopic (exact) mass is 359 g/mol. The second-order valence-electron chi connectivity index (χ2n) is 5.16. The molecule has 4 aromatic rings. The molecular formula is C16H11F2N5OS. The van der Waals surface area contributed by atoms with E-state index < -0.39 is 11.6 Å². The second kappa shape index (κ2) is 6.17. The summed E-state index contributed by atoms with van der Waals surface area (Å²) in [5, 5.41) is 9.10. The van der Waals surface area contributed by atoms with Crippen LogP contribution in [0.5, 0.6) is 0 Å². The van der Waals surface area contributed by atoms with Gasteiger partial charge in [0.25, 0.3) is 0 Å². The molecule has 3 heterocycles. The van der Waals surface area contributed by atoms with Crippen molar-refractivity contribution >= 4 is 11.8 Å². The number of furan rings is 1. The maximum atomic E-state index is 13.5. The largest absolute Gasteiger partial charge is 0.446 e. The Bertz CT molecular complexity index is 1040. The number of halogens is 2. The van der Waals surface area contributed by atoms with Crippen LogP contribution < -0.4 is 0 Å². The molecule has 4 rings (SSSR count). The van der Waals surface area contributed by atoms with Crippen molar-refractivity contribution in [1.29, 1.82) is 0 Å². The Morgan fingerprint density at radius 3 is 2.76 bits per heavy atom. The highest BCUT2D eigenvalue weighted by molar-refractivity contribution is 7.99. The average molecular weight is 359 g/mol. The predicted molar refractivity (Wildman–Crippen MR) is 86.3 cm³/mol. The van der Waals surface area contributed by atoms with Gasteiger partial charge in [-0.3, -0.25) is 4.57 Å². The van der Waals surface area contributed by atoms with E-state index in [1.54, 1.807) is 40.0 Å². The lowest BCUT2D eigenvalue weighted by molar-refractivity contribution is 0.482. The minimum atomic E-state index is -0.921. The van der Waals surface area contributed by atoms with Gasteiger partial charge in [-0.15, -0.1) is 10.2 Å². The van der Waals surface area contributed by atoms with Crippen molar-refractivity contribution < 1.29 is 13.2 Å². The van der Waals surface area contributed by atoms with Crippen LogP contribution in [0.15, 0.2) is 63.7 Å². The third kappa shape index (κ3) is 2.93. The van der Waals surface area contributed by atoms with Gasteiger partial charge in [-0.25, -0.2) is 13.8 Å². The molecule has 1 aromatic carbocycles. The van der Waals surface area contributed by atoms with Crippen LogP contribution in [0.3, 0.4) is 0 Å². The standard InChI is InChI=1S/C16H11F2N5OS/c1-22-9-20-21-16(22)25-14-5-4-13(24-14)15-19-6-7-23(15)10-2-3-11(17)12(18)8-10/h2-9H,1H3. The Hall–Kier alpha value is -2.94. The van der Waals surface area contributed by atoms with E-state index in [1.165, 1.54) is 17.8 Å². The van der Waals surface area contributed by atoms with E-state index >= 15 is 0 Å². The van der Waals surface area contributed by atoms with Crippen molar-refractivity contribution in [3.8, 4) is 17.3 Å². The second-order valence-corrected chi connectivity index (χ2v) is 6.14. The molecule has 0 fully saturated rings. The number of aryl methyl sites for hydroxylation is 1. The first-order valence-corrected chi connectivity index (χ1v) is 8.04. The Labute approximate surface area is 145 Å². The molecule has 6 nitrogen and oxygen atoms in total. The molecule has 0 aliphatic carbocycles. The van der Waals surface area contributed by atoms with Crippen molar-refractivity contribution in [3.63, 3.8) is 0 Å². The molecule has 0 saturated heterocycles. The van der Waals surface area contributed by atoms with Gasteiger partial charge in [0.2, 0.25) is 0 Å². The van der Waals surface area contributed by atoms with Gasteiger partial charge in [-0.05, 0) is 36.0 Å². The number of aromatic nitrogens is 5. The minimum absolute atomic E-state index is 0.449. The quantitative estimate of drug-likeness (QED) is 0.556. The Balaban J connectivity index is 1.66. The van der Waals surface area contributed by atoms with Crippen LogP contribution in [-0.4, -0.2) is 24.3 Å². The van der Waals surface area contributed by atoms with E-state index in [1.807, 2.05) is 7.05 Å². The number of hydrogen-bond donors (Lipinski definition) is 0. The van der Waals surface area contributed by atoms with Crippen LogP contribution in [0.2, 0.25) is 0 Å². The molecule has 0 N–H and O–H groups in total. The summed E-state index contributed by atoms with van der Waals surface area (Å²) in [6.07, 6.45) is 4.82. The van der Waals surface area contributed by atoms with E-state index in [0.29, 0.717) is 27.5 Å². The molecule has 0 radical (unpaired) electrons. The van der Waals surface area contributed by atoms with E-state index in [0.717, 1.165) is 12.1 Å². The lowest BCUT2D eigenvalue weighted by atomic mass is 10.3. The van der Waals surface area contributed by atoms with Crippen LogP contribution in [0.4, 0.5) is 8.78 Å². The average Bonchev–Trinajstić information content (AvgIpc) is 3.32. The van der Waals surface area contributed by atoms with E-state index in [2.05, 4.69) is 15.2 Å². The van der Waals surface area contributed by atoms with Gasteiger partial charge in [0.1, 0.15) is 6.33 Å². The normalized spacial score (nSPS) is 11.2. The van der Waals surface area contributed by atoms with Crippen LogP contribution >= 0.6 is 11.8 Å². The van der Waals surface area contributed by atoms with Crippen LogP contribution in [0.1, 0.15) is 0 Å². The molecule has 126 valence electrons. The molecule has 0 atom stereocenters. The fourth-order valence-corrected chi connectivity index (χ4v) is 3.01. The Morgan fingerprint density at radius 2 is 2.00 bits per heavy atom. The molecule has 25 heavy (non-hydrogen) atoms. The van der Waals surface area contributed by atoms with Crippen molar-refractivity contribution in [3.05, 3.63) is 60.7 Å². The van der Waals surface area contributed by atoms with Gasteiger partial charge in [-0.1, -0.05) is 0 Å². The zero-order valence-corrected chi connectivity index (χ0v) is 13.7. The summed E-state index contributed by atoms with van der Waals surface area (Å²) >= 11 is 1.32. The minimum Gasteiger partial charge on any atom is -0.446 e.